The molecule has 4 aliphatic rings. The first-order chi connectivity index (χ1) is 21.3. The number of nitrogens with zero attached hydrogens (tertiary/aromatic N) is 5. The highest BCUT2D eigenvalue weighted by Crippen LogP contribution is 2.54. The van der Waals surface area contributed by atoms with E-state index < -0.39 is 82.9 Å². The topological polar surface area (TPSA) is 213 Å². The second-order valence-electron chi connectivity index (χ2n) is 10.5. The predicted octanol–water partition coefficient (Wildman–Crippen LogP) is 0.660. The number of fused-ring (bicyclic) bond motifs is 4. The van der Waals surface area contributed by atoms with E-state index in [1.54, 1.807) is 0 Å². The molecule has 3 fully saturated rings. The standard InChI is InChI=1S/C22H21B2F2N7O10P2/c23-44(36)39-6-12-17(14(26)21(41-12)33-7-29-15-18(33)30-22(27)31-19(15)35)43-45(24,37)38-5-11-16(42-44)13(25)20(40-11)32-2-1-8-9(32)3-28-4-10(8)34/h1-3,7,11-14,16-17,20-21H,4-6H2,(H3,27,30,31,35)/t11-,12-,13+,14?,16?,17+,20-,21-,44?,45?/m1/s1. The number of Topliss-reactive ketones (excluding diaryl/α,β-unsaturated/α-hetero) is 1. The number of nitrogens with two attached hydrogens (primary N) is 1. The van der Waals surface area contributed by atoms with Crippen LogP contribution < -0.4 is 11.3 Å². The Hall–Kier alpha value is -3.02. The van der Waals surface area contributed by atoms with E-state index >= 15 is 8.78 Å². The highest BCUT2D eigenvalue weighted by Gasteiger charge is 2.53. The monoisotopic (exact) mass is 665 g/mol. The van der Waals surface area contributed by atoms with E-state index in [9.17, 15) is 18.7 Å². The van der Waals surface area contributed by atoms with Crippen LogP contribution in [0.25, 0.3) is 11.2 Å². The molecule has 4 radical (unpaired) electrons. The molecule has 4 aliphatic heterocycles. The molecule has 4 unspecified atom stereocenters. The van der Waals surface area contributed by atoms with Crippen molar-refractivity contribution in [2.75, 3.05) is 25.5 Å². The summed E-state index contributed by atoms with van der Waals surface area (Å²) < 4.78 is 93.5. The fourth-order valence-electron chi connectivity index (χ4n) is 5.59. The van der Waals surface area contributed by atoms with Crippen molar-refractivity contribution in [3.63, 3.8) is 0 Å². The number of anilines is 1. The van der Waals surface area contributed by atoms with Gasteiger partial charge in [0, 0.05) is 18.0 Å². The molecule has 23 heteroatoms. The van der Waals surface area contributed by atoms with Crippen molar-refractivity contribution in [2.24, 2.45) is 4.99 Å². The Labute approximate surface area is 253 Å². The first-order valence-corrected chi connectivity index (χ1v) is 16.5. The maximum absolute atomic E-state index is 15.9. The maximum atomic E-state index is 15.9. The molecule has 0 spiro atoms. The molecule has 7 rings (SSSR count). The van der Waals surface area contributed by atoms with E-state index in [0.29, 0.717) is 0 Å². The van der Waals surface area contributed by atoms with Crippen molar-refractivity contribution in [2.45, 2.75) is 49.2 Å². The summed E-state index contributed by atoms with van der Waals surface area (Å²) in [4.78, 5) is 38.5. The van der Waals surface area contributed by atoms with Crippen LogP contribution >= 0.6 is 14.9 Å². The molecule has 3 N–H and O–H groups in total. The lowest BCUT2D eigenvalue weighted by Gasteiger charge is -2.29. The Bertz CT molecular complexity index is 1870. The van der Waals surface area contributed by atoms with Crippen LogP contribution in [0.1, 0.15) is 28.5 Å². The van der Waals surface area contributed by atoms with Crippen LogP contribution in [0.5, 0.6) is 0 Å². The molecule has 0 amide bonds. The second kappa shape index (κ2) is 11.1. The lowest BCUT2D eigenvalue weighted by Crippen LogP contribution is -2.37. The van der Waals surface area contributed by atoms with E-state index in [2.05, 4.69) is 19.9 Å². The lowest BCUT2D eigenvalue weighted by molar-refractivity contribution is -0.0553. The molecule has 0 aliphatic carbocycles. The summed E-state index contributed by atoms with van der Waals surface area (Å²) in [6, 6.07) is 1.47. The zero-order chi connectivity index (χ0) is 31.8. The Morgan fingerprint density at radius 2 is 1.58 bits per heavy atom. The predicted molar refractivity (Wildman–Crippen MR) is 150 cm³/mol. The minimum Gasteiger partial charge on any atom is -0.369 e. The number of aliphatic imine (C=N–C) groups is 1. The second-order valence-corrected chi connectivity index (χ2v) is 13.6. The van der Waals surface area contributed by atoms with Crippen LogP contribution in [0.2, 0.25) is 0 Å². The summed E-state index contributed by atoms with van der Waals surface area (Å²) in [6.45, 7) is -1.59. The van der Waals surface area contributed by atoms with Crippen LogP contribution in [0, 0.1) is 0 Å². The molecular weight excluding hydrogens is 644 g/mol. The molecule has 0 aromatic carbocycles. The number of imidazole rings is 1. The fourth-order valence-corrected chi connectivity index (χ4v) is 7.61. The Morgan fingerprint density at radius 1 is 0.978 bits per heavy atom. The molecule has 45 heavy (non-hydrogen) atoms. The number of ether oxygens (including phenoxy) is 2. The minimum absolute atomic E-state index is 0.0697. The highest BCUT2D eigenvalue weighted by molar-refractivity contribution is 7.79. The summed E-state index contributed by atoms with van der Waals surface area (Å²) in [5, 5.41) is 0. The fraction of sp³-hybridized carbons (Fsp3) is 0.500. The smallest absolute Gasteiger partial charge is 0.280 e. The number of nitrogens with one attached hydrogen (secondary N) is 1. The molecule has 3 aromatic rings. The van der Waals surface area contributed by atoms with Gasteiger partial charge in [-0.25, -0.2) is 13.8 Å². The number of hydrogen-bond donors (Lipinski definition) is 2. The van der Waals surface area contributed by atoms with Gasteiger partial charge >= 0.3 is 0 Å². The van der Waals surface area contributed by atoms with Gasteiger partial charge in [0.15, 0.2) is 41.7 Å². The van der Waals surface area contributed by atoms with Crippen LogP contribution in [-0.4, -0.2) is 108 Å². The van der Waals surface area contributed by atoms with Gasteiger partial charge in [-0.1, -0.05) is 0 Å². The van der Waals surface area contributed by atoms with Crippen LogP contribution in [0.15, 0.2) is 28.4 Å². The molecule has 0 saturated carbocycles. The number of alkyl halides is 2. The van der Waals surface area contributed by atoms with E-state index in [-0.39, 0.29) is 40.7 Å². The van der Waals surface area contributed by atoms with Gasteiger partial charge in [-0.05, 0) is 6.07 Å². The summed E-state index contributed by atoms with van der Waals surface area (Å²) in [6.07, 6.45) is -9.86. The zero-order valence-electron chi connectivity index (χ0n) is 22.8. The summed E-state index contributed by atoms with van der Waals surface area (Å²) >= 11 is 0. The van der Waals surface area contributed by atoms with E-state index in [1.807, 2.05) is 0 Å². The molecule has 10 atom stereocenters. The zero-order valence-corrected chi connectivity index (χ0v) is 24.5. The number of nitrogen functional groups attached to an aromatic ring is 1. The number of aromatic amines is 1. The molecule has 7 heterocycles. The van der Waals surface area contributed by atoms with E-state index in [1.165, 1.54) is 23.0 Å². The average molecular weight is 665 g/mol. The van der Waals surface area contributed by atoms with Gasteiger partial charge in [0.1, 0.15) is 31.0 Å². The number of carbonyl (C=O) groups excluding carboxylic acids is 1. The summed E-state index contributed by atoms with van der Waals surface area (Å²) in [5.74, 6) is -0.572. The van der Waals surface area contributed by atoms with Crippen molar-refractivity contribution >= 4 is 59.2 Å². The number of H-pyrrole nitrogens is 1. The molecule has 17 nitrogen and oxygen atoms in total. The quantitative estimate of drug-likeness (QED) is 0.285. The van der Waals surface area contributed by atoms with Gasteiger partial charge < -0.3 is 37.9 Å². The molecule has 234 valence electrons. The lowest BCUT2D eigenvalue weighted by atomic mass is 10.1. The van der Waals surface area contributed by atoms with Crippen molar-refractivity contribution in [3.8, 4) is 0 Å². The first kappa shape index (κ1) is 30.6. The first-order valence-electron chi connectivity index (χ1n) is 13.3. The number of ketones is 1. The Morgan fingerprint density at radius 3 is 2.20 bits per heavy atom. The third-order valence-electron chi connectivity index (χ3n) is 7.61. The summed E-state index contributed by atoms with van der Waals surface area (Å²) in [5.41, 5.74) is 5.15. The minimum atomic E-state index is -4.64. The maximum Gasteiger partial charge on any atom is 0.280 e. The third-order valence-corrected chi connectivity index (χ3v) is 9.70. The molecular formula is C22H21B2F2N7O10P2. The normalized spacial score (nSPS) is 38.8. The highest BCUT2D eigenvalue weighted by atomic mass is 31.2. The van der Waals surface area contributed by atoms with Gasteiger partial charge in [-0.15, -0.1) is 0 Å². The van der Waals surface area contributed by atoms with Gasteiger partial charge in [0.25, 0.3) is 20.5 Å². The SMILES string of the molecule is [B]P1(=O)OC[C@H]2O[C@@H](n3cnc4c(=O)[nH]c(N)nc43)C(F)[C@H]2OP([B])(=O)OC[C@H]2O[C@@H](n3ccc4c3C=NCC4=O)[C@@H](F)C2O1. The van der Waals surface area contributed by atoms with Crippen LogP contribution in [-0.2, 0) is 36.7 Å². The van der Waals surface area contributed by atoms with Crippen LogP contribution in [0.4, 0.5) is 14.7 Å². The molecule has 3 aromatic heterocycles. The van der Waals surface area contributed by atoms with Crippen LogP contribution in [0.3, 0.4) is 0 Å². The van der Waals surface area contributed by atoms with Crippen molar-refractivity contribution in [1.29, 1.82) is 0 Å². The number of hydrogen-bond acceptors (Lipinski definition) is 14. The third kappa shape index (κ3) is 5.44. The number of rotatable bonds is 2. The average Bonchev–Trinajstić information content (AvgIpc) is 3.72. The number of carbonyl (C=O) groups is 1. The van der Waals surface area contributed by atoms with Crippen molar-refractivity contribution < 1.29 is 50.3 Å². The van der Waals surface area contributed by atoms with Gasteiger partial charge in [-0.3, -0.25) is 33.3 Å². The summed E-state index contributed by atoms with van der Waals surface area (Å²) in [7, 11) is 2.33. The van der Waals surface area contributed by atoms with Crippen molar-refractivity contribution in [1.82, 2.24) is 24.1 Å². The Balaban J connectivity index is 1.16. The van der Waals surface area contributed by atoms with Gasteiger partial charge in [-0.2, -0.15) is 4.98 Å². The van der Waals surface area contributed by atoms with Crippen molar-refractivity contribution in [3.05, 3.63) is 40.2 Å². The van der Waals surface area contributed by atoms with E-state index in [4.69, 9.17) is 48.4 Å². The Kier molecular flexibility index (Phi) is 7.52. The number of halogens is 2. The molecule has 3 saturated heterocycles. The van der Waals surface area contributed by atoms with E-state index in [0.717, 1.165) is 10.9 Å². The molecule has 0 bridgehead atoms. The van der Waals surface area contributed by atoms with Gasteiger partial charge in [0.2, 0.25) is 21.1 Å². The number of aromatic nitrogens is 5. The van der Waals surface area contributed by atoms with Gasteiger partial charge in [0.05, 0.1) is 25.2 Å². The largest absolute Gasteiger partial charge is 0.369 e.